The molecule has 0 radical (unpaired) electrons. The minimum atomic E-state index is -1.08. The number of likely N-dealkylation sites (N-methyl/N-ethyl adjacent to an activating group) is 1. The summed E-state index contributed by atoms with van der Waals surface area (Å²) in [6, 6.07) is -1.18. The van der Waals surface area contributed by atoms with Gasteiger partial charge in [-0.2, -0.15) is 0 Å². The van der Waals surface area contributed by atoms with Crippen LogP contribution in [-0.4, -0.2) is 66.9 Å². The number of hydrogen-bond donors (Lipinski definition) is 5. The second-order valence-electron chi connectivity index (χ2n) is 7.69. The van der Waals surface area contributed by atoms with Gasteiger partial charge in [0.05, 0.1) is 12.1 Å². The van der Waals surface area contributed by atoms with Gasteiger partial charge < -0.3 is 30.6 Å². The first-order valence-electron chi connectivity index (χ1n) is 10.1. The molecule has 1 unspecified atom stereocenters. The van der Waals surface area contributed by atoms with Gasteiger partial charge >= 0.3 is 6.09 Å². The third-order valence-corrected chi connectivity index (χ3v) is 4.84. The average Bonchev–Trinajstić information content (AvgIpc) is 2.70. The van der Waals surface area contributed by atoms with Crippen LogP contribution in [0.2, 0.25) is 0 Å². The van der Waals surface area contributed by atoms with E-state index in [2.05, 4.69) is 10.6 Å². The molecule has 0 aromatic carbocycles. The molecule has 30 heavy (non-hydrogen) atoms. The lowest BCUT2D eigenvalue weighted by molar-refractivity contribution is -0.121. The minimum absolute atomic E-state index is 0.00191. The van der Waals surface area contributed by atoms with E-state index < -0.39 is 24.5 Å². The predicted octanol–water partition coefficient (Wildman–Crippen LogP) is -0.0697. The van der Waals surface area contributed by atoms with Gasteiger partial charge in [0.2, 0.25) is 5.91 Å². The van der Waals surface area contributed by atoms with E-state index in [0.29, 0.717) is 32.2 Å². The molecule has 0 aromatic rings. The van der Waals surface area contributed by atoms with Gasteiger partial charge in [0.25, 0.3) is 0 Å². The lowest BCUT2D eigenvalue weighted by Crippen LogP contribution is -2.42. The van der Waals surface area contributed by atoms with Crippen molar-refractivity contribution in [2.75, 3.05) is 20.2 Å². The fraction of sp³-hybridized carbons (Fsp3) is 0.650. The Morgan fingerprint density at radius 1 is 1.30 bits per heavy atom. The minimum Gasteiger partial charge on any atom is -0.445 e. The lowest BCUT2D eigenvalue weighted by atomic mass is 10.0. The Hall–Kier alpha value is -2.27. The Morgan fingerprint density at radius 3 is 2.53 bits per heavy atom. The molecular weight excluding hydrogens is 390 g/mol. The van der Waals surface area contributed by atoms with Gasteiger partial charge in [0.15, 0.2) is 6.35 Å². The zero-order valence-corrected chi connectivity index (χ0v) is 18.0. The predicted molar refractivity (Wildman–Crippen MR) is 113 cm³/mol. The SMILES string of the molecule is CC(C)C(C=O)N(C)C(=O)OCC1=CC=C(NC(=O)[C@@H](N)CCCN[C@@H](N)O)CC1. The highest BCUT2D eigenvalue weighted by molar-refractivity contribution is 5.83. The number of nitrogens with zero attached hydrogens (tertiary/aromatic N) is 1. The standard InChI is InChI=1S/C20H35N5O5/c1-13(2)17(11-26)25(3)20(29)30-12-14-6-8-15(9-7-14)24-18(27)16(21)5-4-10-23-19(22)28/h6,8,11,13,16-17,19,23,28H,4-5,7,9-10,12,21-22H2,1-3H3,(H,24,27)/t16-,17?,19+/m0/s1. The number of carbonyl (C=O) groups is 3. The second-order valence-corrected chi connectivity index (χ2v) is 7.69. The number of amides is 2. The van der Waals surface area contributed by atoms with E-state index >= 15 is 0 Å². The maximum atomic E-state index is 12.2. The van der Waals surface area contributed by atoms with Crippen LogP contribution >= 0.6 is 0 Å². The first-order valence-corrected chi connectivity index (χ1v) is 10.1. The van der Waals surface area contributed by atoms with Crippen molar-refractivity contribution in [3.63, 3.8) is 0 Å². The van der Waals surface area contributed by atoms with Crippen molar-refractivity contribution in [1.82, 2.24) is 15.5 Å². The molecule has 7 N–H and O–H groups in total. The molecule has 0 aliphatic heterocycles. The average molecular weight is 426 g/mol. The topological polar surface area (TPSA) is 160 Å². The second kappa shape index (κ2) is 13.1. The molecule has 0 fully saturated rings. The maximum Gasteiger partial charge on any atom is 0.410 e. The molecule has 0 aromatic heterocycles. The number of carbonyl (C=O) groups excluding carboxylic acids is 3. The van der Waals surface area contributed by atoms with E-state index in [4.69, 9.17) is 21.3 Å². The van der Waals surface area contributed by atoms with E-state index in [1.165, 1.54) is 4.90 Å². The molecule has 170 valence electrons. The van der Waals surface area contributed by atoms with Gasteiger partial charge in [-0.1, -0.05) is 19.9 Å². The van der Waals surface area contributed by atoms with Crippen molar-refractivity contribution in [2.24, 2.45) is 17.4 Å². The number of aliphatic hydroxyl groups excluding tert-OH is 1. The largest absolute Gasteiger partial charge is 0.445 e. The quantitative estimate of drug-likeness (QED) is 0.165. The van der Waals surface area contributed by atoms with Gasteiger partial charge in [-0.25, -0.2) is 4.79 Å². The molecule has 1 aliphatic carbocycles. The lowest BCUT2D eigenvalue weighted by Gasteiger charge is -2.26. The van der Waals surface area contributed by atoms with Crippen LogP contribution in [0.4, 0.5) is 4.79 Å². The first-order chi connectivity index (χ1) is 14.1. The summed E-state index contributed by atoms with van der Waals surface area (Å²) < 4.78 is 5.29. The monoisotopic (exact) mass is 425 g/mol. The fourth-order valence-electron chi connectivity index (χ4n) is 2.93. The molecule has 10 nitrogen and oxygen atoms in total. The summed E-state index contributed by atoms with van der Waals surface area (Å²) in [5, 5.41) is 14.4. The van der Waals surface area contributed by atoms with Crippen molar-refractivity contribution in [1.29, 1.82) is 0 Å². The number of ether oxygens (including phenoxy) is 1. The van der Waals surface area contributed by atoms with E-state index in [-0.39, 0.29) is 18.4 Å². The van der Waals surface area contributed by atoms with Crippen LogP contribution in [-0.2, 0) is 14.3 Å². The van der Waals surface area contributed by atoms with Gasteiger partial charge in [-0.15, -0.1) is 0 Å². The van der Waals surface area contributed by atoms with Crippen LogP contribution in [0.5, 0.6) is 0 Å². The summed E-state index contributed by atoms with van der Waals surface area (Å²) in [6.45, 7) is 4.32. The highest BCUT2D eigenvalue weighted by atomic mass is 16.6. The number of rotatable bonds is 12. The van der Waals surface area contributed by atoms with Crippen molar-refractivity contribution >= 4 is 18.3 Å². The van der Waals surface area contributed by atoms with E-state index in [0.717, 1.165) is 17.6 Å². The Bertz CT molecular complexity index is 647. The number of nitrogens with one attached hydrogen (secondary N) is 2. The third kappa shape index (κ3) is 9.04. The number of aliphatic hydroxyl groups is 1. The van der Waals surface area contributed by atoms with Crippen molar-refractivity contribution in [3.05, 3.63) is 23.4 Å². The molecule has 1 rings (SSSR count). The van der Waals surface area contributed by atoms with E-state index in [9.17, 15) is 14.4 Å². The van der Waals surface area contributed by atoms with Gasteiger partial charge in [0, 0.05) is 12.7 Å². The molecule has 0 saturated heterocycles. The normalized spacial score (nSPS) is 16.8. The molecule has 1 aliphatic rings. The van der Waals surface area contributed by atoms with Gasteiger partial charge in [0.1, 0.15) is 12.9 Å². The summed E-state index contributed by atoms with van der Waals surface area (Å²) >= 11 is 0. The third-order valence-electron chi connectivity index (χ3n) is 4.84. The Kier molecular flexibility index (Phi) is 11.3. The Labute approximate surface area is 177 Å². The Morgan fingerprint density at radius 2 is 2.00 bits per heavy atom. The van der Waals surface area contributed by atoms with Crippen molar-refractivity contribution in [2.45, 2.75) is 58.0 Å². The summed E-state index contributed by atoms with van der Waals surface area (Å²) in [7, 11) is 1.54. The highest BCUT2D eigenvalue weighted by Gasteiger charge is 2.24. The van der Waals surface area contributed by atoms with Crippen LogP contribution in [0.25, 0.3) is 0 Å². The molecule has 0 bridgehead atoms. The molecule has 0 spiro atoms. The molecule has 2 amide bonds. The highest BCUT2D eigenvalue weighted by Crippen LogP contribution is 2.18. The Balaban J connectivity index is 2.43. The van der Waals surface area contributed by atoms with Gasteiger partial charge in [-0.3, -0.25) is 15.8 Å². The summed E-state index contributed by atoms with van der Waals surface area (Å²) in [4.78, 5) is 36.7. The number of aldehydes is 1. The van der Waals surface area contributed by atoms with Gasteiger partial charge in [-0.05, 0) is 49.8 Å². The molecule has 10 heteroatoms. The molecule has 0 heterocycles. The smallest absolute Gasteiger partial charge is 0.410 e. The zero-order chi connectivity index (χ0) is 22.7. The fourth-order valence-corrected chi connectivity index (χ4v) is 2.93. The number of hydrogen-bond acceptors (Lipinski definition) is 8. The molecular formula is C20H35N5O5. The van der Waals surface area contributed by atoms with Crippen LogP contribution in [0.1, 0.15) is 39.5 Å². The summed E-state index contributed by atoms with van der Waals surface area (Å²) in [5.74, 6) is -0.272. The number of allylic oxidation sites excluding steroid dienone is 3. The van der Waals surface area contributed by atoms with Crippen LogP contribution < -0.4 is 22.1 Å². The van der Waals surface area contributed by atoms with Crippen molar-refractivity contribution in [3.8, 4) is 0 Å². The van der Waals surface area contributed by atoms with E-state index in [1.807, 2.05) is 19.9 Å². The van der Waals surface area contributed by atoms with E-state index in [1.54, 1.807) is 13.1 Å². The molecule has 3 atom stereocenters. The van der Waals surface area contributed by atoms with Crippen LogP contribution in [0, 0.1) is 5.92 Å². The molecule has 0 saturated carbocycles. The zero-order valence-electron chi connectivity index (χ0n) is 18.0. The summed E-state index contributed by atoms with van der Waals surface area (Å²) in [6.07, 6.45) is 5.00. The number of nitrogens with two attached hydrogens (primary N) is 2. The van der Waals surface area contributed by atoms with Crippen LogP contribution in [0.3, 0.4) is 0 Å². The first kappa shape index (κ1) is 25.8. The maximum absolute atomic E-state index is 12.2. The van der Waals surface area contributed by atoms with Crippen molar-refractivity contribution < 1.29 is 24.2 Å². The summed E-state index contributed by atoms with van der Waals surface area (Å²) in [5.41, 5.74) is 12.7. The van der Waals surface area contributed by atoms with Crippen LogP contribution in [0.15, 0.2) is 23.4 Å².